The molecule has 118 valence electrons. The Bertz CT molecular complexity index is 467. The van der Waals surface area contributed by atoms with E-state index in [2.05, 4.69) is 11.8 Å². The van der Waals surface area contributed by atoms with E-state index in [4.69, 9.17) is 21.1 Å². The standard InChI is InChI=1S/C16H24ClNO3/c1-3-6-21-16-14(17)7-13(8-15(16)20-2)10-18-5-4-12(9-18)11-19/h7-8,12,19H,3-6,9-11H2,1-2H3. The molecule has 1 aliphatic heterocycles. The van der Waals surface area contributed by atoms with Crippen molar-refractivity contribution >= 4 is 11.6 Å². The lowest BCUT2D eigenvalue weighted by Crippen LogP contribution is -2.21. The second-order valence-electron chi connectivity index (χ2n) is 5.53. The van der Waals surface area contributed by atoms with E-state index in [0.29, 0.717) is 29.0 Å². The number of hydrogen-bond donors (Lipinski definition) is 1. The molecule has 1 heterocycles. The molecule has 1 atom stereocenters. The molecule has 1 saturated heterocycles. The van der Waals surface area contributed by atoms with Gasteiger partial charge in [-0.15, -0.1) is 0 Å². The first-order chi connectivity index (χ1) is 10.2. The molecule has 0 spiro atoms. The molecule has 5 heteroatoms. The molecule has 0 amide bonds. The number of halogens is 1. The Kier molecular flexibility index (Phi) is 6.15. The number of likely N-dealkylation sites (tertiary alicyclic amines) is 1. The van der Waals surface area contributed by atoms with E-state index in [1.54, 1.807) is 7.11 Å². The van der Waals surface area contributed by atoms with Gasteiger partial charge in [-0.3, -0.25) is 4.90 Å². The zero-order valence-corrected chi connectivity index (χ0v) is 13.5. The first kappa shape index (κ1) is 16.4. The maximum absolute atomic E-state index is 9.21. The SMILES string of the molecule is CCCOc1c(Cl)cc(CN2CCC(CO)C2)cc1OC. The van der Waals surface area contributed by atoms with E-state index in [1.165, 1.54) is 0 Å². The fourth-order valence-corrected chi connectivity index (χ4v) is 2.96. The molecule has 0 saturated carbocycles. The van der Waals surface area contributed by atoms with Crippen LogP contribution in [0.4, 0.5) is 0 Å². The Morgan fingerprint density at radius 3 is 2.86 bits per heavy atom. The monoisotopic (exact) mass is 313 g/mol. The van der Waals surface area contributed by atoms with Crippen molar-refractivity contribution in [3.05, 3.63) is 22.7 Å². The molecule has 2 rings (SSSR count). The molecular formula is C16H24ClNO3. The Labute approximate surface area is 131 Å². The van der Waals surface area contributed by atoms with Gasteiger partial charge in [0, 0.05) is 19.7 Å². The van der Waals surface area contributed by atoms with Crippen LogP contribution in [0.5, 0.6) is 11.5 Å². The van der Waals surface area contributed by atoms with Crippen molar-refractivity contribution in [2.45, 2.75) is 26.3 Å². The minimum Gasteiger partial charge on any atom is -0.493 e. The van der Waals surface area contributed by atoms with E-state index >= 15 is 0 Å². The molecule has 0 aromatic heterocycles. The summed E-state index contributed by atoms with van der Waals surface area (Å²) < 4.78 is 11.1. The summed E-state index contributed by atoms with van der Waals surface area (Å²) in [5.41, 5.74) is 1.11. The Hall–Kier alpha value is -0.970. The highest BCUT2D eigenvalue weighted by Gasteiger charge is 2.22. The quantitative estimate of drug-likeness (QED) is 0.840. The van der Waals surface area contributed by atoms with Crippen molar-refractivity contribution in [1.29, 1.82) is 0 Å². The van der Waals surface area contributed by atoms with Crippen LogP contribution in [0.15, 0.2) is 12.1 Å². The Balaban J connectivity index is 2.09. The van der Waals surface area contributed by atoms with E-state index < -0.39 is 0 Å². The van der Waals surface area contributed by atoms with Crippen molar-refractivity contribution in [3.8, 4) is 11.5 Å². The third-order valence-corrected chi connectivity index (χ3v) is 4.05. The Morgan fingerprint density at radius 1 is 1.43 bits per heavy atom. The first-order valence-corrected chi connectivity index (χ1v) is 7.88. The van der Waals surface area contributed by atoms with Crippen LogP contribution < -0.4 is 9.47 Å². The lowest BCUT2D eigenvalue weighted by atomic mass is 10.1. The van der Waals surface area contributed by atoms with Gasteiger partial charge in [-0.2, -0.15) is 0 Å². The smallest absolute Gasteiger partial charge is 0.179 e. The van der Waals surface area contributed by atoms with E-state index in [9.17, 15) is 5.11 Å². The largest absolute Gasteiger partial charge is 0.493 e. The van der Waals surface area contributed by atoms with Crippen LogP contribution in [0, 0.1) is 5.92 Å². The van der Waals surface area contributed by atoms with Gasteiger partial charge in [0.15, 0.2) is 11.5 Å². The molecular weight excluding hydrogens is 290 g/mol. The third kappa shape index (κ3) is 4.25. The van der Waals surface area contributed by atoms with E-state index in [1.807, 2.05) is 12.1 Å². The molecule has 1 fully saturated rings. The minimum atomic E-state index is 0.268. The molecule has 0 bridgehead atoms. The molecule has 1 aliphatic rings. The van der Waals surface area contributed by atoms with Crippen molar-refractivity contribution in [2.24, 2.45) is 5.92 Å². The molecule has 4 nitrogen and oxygen atoms in total. The average Bonchev–Trinajstić information content (AvgIpc) is 2.93. The number of ether oxygens (including phenoxy) is 2. The predicted octanol–water partition coefficient (Wildman–Crippen LogP) is 2.95. The molecule has 0 radical (unpaired) electrons. The number of methoxy groups -OCH3 is 1. The third-order valence-electron chi connectivity index (χ3n) is 3.77. The van der Waals surface area contributed by atoms with Gasteiger partial charge in [0.05, 0.1) is 18.7 Å². The highest BCUT2D eigenvalue weighted by atomic mass is 35.5. The lowest BCUT2D eigenvalue weighted by molar-refractivity contribution is 0.220. The molecule has 1 aromatic rings. The van der Waals surface area contributed by atoms with Crippen LogP contribution in [0.3, 0.4) is 0 Å². The second kappa shape index (κ2) is 7.87. The fraction of sp³-hybridized carbons (Fsp3) is 0.625. The summed E-state index contributed by atoms with van der Waals surface area (Å²) in [6.07, 6.45) is 1.98. The summed E-state index contributed by atoms with van der Waals surface area (Å²) in [5, 5.41) is 9.80. The topological polar surface area (TPSA) is 41.9 Å². The van der Waals surface area contributed by atoms with Crippen molar-refractivity contribution in [2.75, 3.05) is 33.4 Å². The van der Waals surface area contributed by atoms with Gasteiger partial charge in [-0.05, 0) is 43.0 Å². The van der Waals surface area contributed by atoms with Crippen LogP contribution in [0.25, 0.3) is 0 Å². The van der Waals surface area contributed by atoms with Gasteiger partial charge in [0.25, 0.3) is 0 Å². The molecule has 1 unspecified atom stereocenters. The van der Waals surface area contributed by atoms with Crippen LogP contribution in [0.2, 0.25) is 5.02 Å². The summed E-state index contributed by atoms with van der Waals surface area (Å²) in [7, 11) is 1.63. The minimum absolute atomic E-state index is 0.268. The van der Waals surface area contributed by atoms with Crippen molar-refractivity contribution < 1.29 is 14.6 Å². The number of hydrogen-bond acceptors (Lipinski definition) is 4. The Morgan fingerprint density at radius 2 is 2.24 bits per heavy atom. The van der Waals surface area contributed by atoms with Crippen LogP contribution in [0.1, 0.15) is 25.3 Å². The summed E-state index contributed by atoms with van der Waals surface area (Å²) in [6.45, 7) is 5.72. The molecule has 21 heavy (non-hydrogen) atoms. The summed E-state index contributed by atoms with van der Waals surface area (Å²) >= 11 is 6.33. The van der Waals surface area contributed by atoms with Gasteiger partial charge < -0.3 is 14.6 Å². The number of aliphatic hydroxyl groups excluding tert-OH is 1. The maximum Gasteiger partial charge on any atom is 0.179 e. The first-order valence-electron chi connectivity index (χ1n) is 7.50. The number of aliphatic hydroxyl groups is 1. The van der Waals surface area contributed by atoms with Gasteiger partial charge in [0.1, 0.15) is 0 Å². The zero-order chi connectivity index (χ0) is 15.2. The number of nitrogens with zero attached hydrogens (tertiary/aromatic N) is 1. The summed E-state index contributed by atoms with van der Waals surface area (Å²) in [4.78, 5) is 2.33. The highest BCUT2D eigenvalue weighted by Crippen LogP contribution is 2.37. The van der Waals surface area contributed by atoms with Crippen LogP contribution in [-0.4, -0.2) is 43.4 Å². The van der Waals surface area contributed by atoms with E-state index in [0.717, 1.165) is 38.0 Å². The molecule has 1 N–H and O–H groups in total. The molecule has 0 aliphatic carbocycles. The van der Waals surface area contributed by atoms with Gasteiger partial charge >= 0.3 is 0 Å². The van der Waals surface area contributed by atoms with Crippen LogP contribution in [-0.2, 0) is 6.54 Å². The predicted molar refractivity (Wildman–Crippen MR) is 84.3 cm³/mol. The summed E-state index contributed by atoms with van der Waals surface area (Å²) in [5.74, 6) is 1.71. The normalized spacial score (nSPS) is 19.0. The lowest BCUT2D eigenvalue weighted by Gasteiger charge is -2.18. The highest BCUT2D eigenvalue weighted by molar-refractivity contribution is 6.32. The van der Waals surface area contributed by atoms with Crippen LogP contribution >= 0.6 is 11.6 Å². The number of rotatable bonds is 7. The van der Waals surface area contributed by atoms with Gasteiger partial charge in [-0.25, -0.2) is 0 Å². The summed E-state index contributed by atoms with van der Waals surface area (Å²) in [6, 6.07) is 3.94. The zero-order valence-electron chi connectivity index (χ0n) is 12.8. The van der Waals surface area contributed by atoms with Gasteiger partial charge in [0.2, 0.25) is 0 Å². The fourth-order valence-electron chi connectivity index (χ4n) is 2.67. The second-order valence-corrected chi connectivity index (χ2v) is 5.94. The maximum atomic E-state index is 9.21. The van der Waals surface area contributed by atoms with Crippen molar-refractivity contribution in [1.82, 2.24) is 4.90 Å². The average molecular weight is 314 g/mol. The van der Waals surface area contributed by atoms with Gasteiger partial charge in [-0.1, -0.05) is 18.5 Å². The molecule has 1 aromatic carbocycles. The van der Waals surface area contributed by atoms with E-state index in [-0.39, 0.29) is 6.61 Å². The van der Waals surface area contributed by atoms with Crippen molar-refractivity contribution in [3.63, 3.8) is 0 Å². The number of benzene rings is 1.